The topological polar surface area (TPSA) is 75.6 Å². The molecule has 5 heteroatoms. The summed E-state index contributed by atoms with van der Waals surface area (Å²) in [6.07, 6.45) is 3.91. The fourth-order valence-corrected chi connectivity index (χ4v) is 2.86. The lowest BCUT2D eigenvalue weighted by Gasteiger charge is -2.27. The summed E-state index contributed by atoms with van der Waals surface area (Å²) in [6.45, 7) is 2.65. The quantitative estimate of drug-likeness (QED) is 0.845. The highest BCUT2D eigenvalue weighted by molar-refractivity contribution is 5.95. The van der Waals surface area contributed by atoms with E-state index in [1.54, 1.807) is 12.1 Å². The summed E-state index contributed by atoms with van der Waals surface area (Å²) in [4.78, 5) is 23.7. The summed E-state index contributed by atoms with van der Waals surface area (Å²) in [7, 11) is 0. The second-order valence-electron chi connectivity index (χ2n) is 5.70. The summed E-state index contributed by atoms with van der Waals surface area (Å²) in [5.74, 6) is -1.41. The molecule has 1 amide bonds. The molecule has 2 atom stereocenters. The number of carboxylic acids is 1. The number of carbonyl (C=O) groups excluding carboxylic acids is 1. The monoisotopic (exact) mass is 305 g/mol. The minimum atomic E-state index is -0.875. The predicted molar refractivity (Wildman–Crippen MR) is 83.9 cm³/mol. The Morgan fingerprint density at radius 1 is 1.27 bits per heavy atom. The predicted octanol–water partition coefficient (Wildman–Crippen LogP) is 3.30. The second kappa shape index (κ2) is 7.82. The molecular formula is C17H23NO4. The van der Waals surface area contributed by atoms with E-state index in [0.717, 1.165) is 19.3 Å². The highest BCUT2D eigenvalue weighted by Crippen LogP contribution is 2.31. The van der Waals surface area contributed by atoms with E-state index in [9.17, 15) is 14.7 Å². The zero-order valence-electron chi connectivity index (χ0n) is 12.9. The van der Waals surface area contributed by atoms with Gasteiger partial charge in [0.1, 0.15) is 5.75 Å². The molecule has 2 N–H and O–H groups in total. The van der Waals surface area contributed by atoms with Gasteiger partial charge in [0.15, 0.2) is 0 Å². The maximum atomic E-state index is 12.4. The van der Waals surface area contributed by atoms with Crippen molar-refractivity contribution in [2.45, 2.75) is 39.0 Å². The van der Waals surface area contributed by atoms with E-state index in [1.807, 2.05) is 19.1 Å². The number of benzene rings is 1. The molecule has 0 aliphatic heterocycles. The number of amides is 1. The number of carboxylic acid groups (broad SMARTS) is 1. The molecule has 120 valence electrons. The van der Waals surface area contributed by atoms with Crippen molar-refractivity contribution in [2.75, 3.05) is 11.9 Å². The number of hydrogen-bond donors (Lipinski definition) is 2. The van der Waals surface area contributed by atoms with Crippen LogP contribution < -0.4 is 10.1 Å². The lowest BCUT2D eigenvalue weighted by molar-refractivity contribution is -0.147. The summed E-state index contributed by atoms with van der Waals surface area (Å²) in [5.41, 5.74) is 0.647. The Labute approximate surface area is 130 Å². The number of rotatable bonds is 6. The molecule has 1 aromatic carbocycles. The lowest BCUT2D eigenvalue weighted by Crippen LogP contribution is -2.36. The van der Waals surface area contributed by atoms with Crippen molar-refractivity contribution >= 4 is 17.6 Å². The van der Waals surface area contributed by atoms with E-state index in [1.165, 1.54) is 0 Å². The van der Waals surface area contributed by atoms with E-state index in [0.29, 0.717) is 30.9 Å². The van der Waals surface area contributed by atoms with Crippen LogP contribution in [0, 0.1) is 11.8 Å². The first kappa shape index (κ1) is 16.3. The van der Waals surface area contributed by atoms with Gasteiger partial charge in [0, 0.05) is 11.8 Å². The number of anilines is 1. The van der Waals surface area contributed by atoms with Crippen LogP contribution in [0.25, 0.3) is 0 Å². The van der Waals surface area contributed by atoms with Crippen LogP contribution in [0.2, 0.25) is 0 Å². The van der Waals surface area contributed by atoms with Gasteiger partial charge in [-0.3, -0.25) is 9.59 Å². The average Bonchev–Trinajstić information content (AvgIpc) is 2.53. The minimum absolute atomic E-state index is 0.209. The number of carbonyl (C=O) groups is 2. The molecule has 0 radical (unpaired) electrons. The van der Waals surface area contributed by atoms with Gasteiger partial charge in [0.2, 0.25) is 5.91 Å². The largest absolute Gasteiger partial charge is 0.494 e. The molecule has 1 aliphatic rings. The maximum Gasteiger partial charge on any atom is 0.307 e. The van der Waals surface area contributed by atoms with Crippen molar-refractivity contribution in [3.63, 3.8) is 0 Å². The van der Waals surface area contributed by atoms with Crippen molar-refractivity contribution < 1.29 is 19.4 Å². The standard InChI is InChI=1S/C17H23NO4/c1-2-10-22-13-7-5-6-12(11-13)18-16(19)14-8-3-4-9-15(14)17(20)21/h5-7,11,14-15H,2-4,8-10H2,1H3,(H,18,19)(H,20,21)/t14-,15-/m1/s1. The molecule has 0 heterocycles. The fourth-order valence-electron chi connectivity index (χ4n) is 2.86. The molecule has 22 heavy (non-hydrogen) atoms. The van der Waals surface area contributed by atoms with Gasteiger partial charge in [-0.15, -0.1) is 0 Å². The zero-order chi connectivity index (χ0) is 15.9. The molecular weight excluding hydrogens is 282 g/mol. The molecule has 1 aliphatic carbocycles. The lowest BCUT2D eigenvalue weighted by atomic mass is 9.78. The summed E-state index contributed by atoms with van der Waals surface area (Å²) < 4.78 is 5.54. The third-order valence-corrected chi connectivity index (χ3v) is 3.99. The van der Waals surface area contributed by atoms with Crippen LogP contribution in [0.15, 0.2) is 24.3 Å². The molecule has 1 aromatic rings. The Bertz CT molecular complexity index is 529. The fraction of sp³-hybridized carbons (Fsp3) is 0.529. The Kier molecular flexibility index (Phi) is 5.81. The van der Waals surface area contributed by atoms with E-state index in [-0.39, 0.29) is 5.91 Å². The van der Waals surface area contributed by atoms with Gasteiger partial charge in [-0.2, -0.15) is 0 Å². The van der Waals surface area contributed by atoms with E-state index >= 15 is 0 Å². The normalized spacial score (nSPS) is 21.1. The SMILES string of the molecule is CCCOc1cccc(NC(=O)[C@@H]2CCCC[C@H]2C(=O)O)c1. The first-order valence-corrected chi connectivity index (χ1v) is 7.88. The Morgan fingerprint density at radius 2 is 2.00 bits per heavy atom. The van der Waals surface area contributed by atoms with Crippen LogP contribution in [0.4, 0.5) is 5.69 Å². The minimum Gasteiger partial charge on any atom is -0.494 e. The van der Waals surface area contributed by atoms with Gasteiger partial charge in [-0.05, 0) is 31.4 Å². The number of hydrogen-bond acceptors (Lipinski definition) is 3. The van der Waals surface area contributed by atoms with Gasteiger partial charge < -0.3 is 15.2 Å². The van der Waals surface area contributed by atoms with E-state index in [4.69, 9.17) is 4.74 Å². The highest BCUT2D eigenvalue weighted by Gasteiger charge is 2.35. The van der Waals surface area contributed by atoms with Crippen LogP contribution in [-0.2, 0) is 9.59 Å². The molecule has 2 rings (SSSR count). The third-order valence-electron chi connectivity index (χ3n) is 3.99. The summed E-state index contributed by atoms with van der Waals surface area (Å²) in [6, 6.07) is 7.21. The number of aliphatic carboxylic acids is 1. The first-order chi connectivity index (χ1) is 10.6. The van der Waals surface area contributed by atoms with Crippen molar-refractivity contribution in [1.82, 2.24) is 0 Å². The van der Waals surface area contributed by atoms with Crippen molar-refractivity contribution in [3.05, 3.63) is 24.3 Å². The maximum absolute atomic E-state index is 12.4. The Balaban J connectivity index is 2.02. The summed E-state index contributed by atoms with van der Waals surface area (Å²) in [5, 5.41) is 12.1. The number of ether oxygens (including phenoxy) is 1. The number of nitrogens with one attached hydrogen (secondary N) is 1. The van der Waals surface area contributed by atoms with E-state index < -0.39 is 17.8 Å². The van der Waals surface area contributed by atoms with Crippen LogP contribution >= 0.6 is 0 Å². The molecule has 0 saturated heterocycles. The third kappa shape index (κ3) is 4.23. The summed E-state index contributed by atoms with van der Waals surface area (Å²) >= 11 is 0. The van der Waals surface area contributed by atoms with Crippen molar-refractivity contribution in [2.24, 2.45) is 11.8 Å². The van der Waals surface area contributed by atoms with Crippen LogP contribution in [0.3, 0.4) is 0 Å². The molecule has 5 nitrogen and oxygen atoms in total. The van der Waals surface area contributed by atoms with Gasteiger partial charge in [-0.25, -0.2) is 0 Å². The first-order valence-electron chi connectivity index (χ1n) is 7.88. The van der Waals surface area contributed by atoms with Gasteiger partial charge in [-0.1, -0.05) is 25.8 Å². The Morgan fingerprint density at radius 3 is 2.68 bits per heavy atom. The van der Waals surface area contributed by atoms with Crippen LogP contribution in [0.1, 0.15) is 39.0 Å². The smallest absolute Gasteiger partial charge is 0.307 e. The van der Waals surface area contributed by atoms with Gasteiger partial charge in [0.05, 0.1) is 18.4 Å². The molecule has 0 bridgehead atoms. The zero-order valence-corrected chi connectivity index (χ0v) is 12.9. The molecule has 0 spiro atoms. The molecule has 1 saturated carbocycles. The second-order valence-corrected chi connectivity index (χ2v) is 5.70. The van der Waals surface area contributed by atoms with Gasteiger partial charge in [0.25, 0.3) is 0 Å². The van der Waals surface area contributed by atoms with Crippen LogP contribution in [-0.4, -0.2) is 23.6 Å². The van der Waals surface area contributed by atoms with Crippen molar-refractivity contribution in [3.8, 4) is 5.75 Å². The van der Waals surface area contributed by atoms with Crippen LogP contribution in [0.5, 0.6) is 5.75 Å². The van der Waals surface area contributed by atoms with Crippen molar-refractivity contribution in [1.29, 1.82) is 0 Å². The van der Waals surface area contributed by atoms with E-state index in [2.05, 4.69) is 5.32 Å². The average molecular weight is 305 g/mol. The molecule has 1 fully saturated rings. The molecule has 0 unspecified atom stereocenters. The van der Waals surface area contributed by atoms with Gasteiger partial charge >= 0.3 is 5.97 Å². The molecule has 0 aromatic heterocycles. The highest BCUT2D eigenvalue weighted by atomic mass is 16.5. The Hall–Kier alpha value is -2.04.